The van der Waals surface area contributed by atoms with Gasteiger partial charge in [-0.1, -0.05) is 5.16 Å². The summed E-state index contributed by atoms with van der Waals surface area (Å²) < 4.78 is 6.22. The Bertz CT molecular complexity index is 491. The van der Waals surface area contributed by atoms with Crippen molar-refractivity contribution < 1.29 is 9.94 Å². The van der Waals surface area contributed by atoms with Crippen LogP contribution >= 0.6 is 15.9 Å². The monoisotopic (exact) mass is 341 g/mol. The highest BCUT2D eigenvalue weighted by Gasteiger charge is 2.21. The minimum atomic E-state index is 0.119. The topological polar surface area (TPSA) is 71.1 Å². The Morgan fingerprint density at radius 3 is 3.05 bits per heavy atom. The van der Waals surface area contributed by atoms with Crippen molar-refractivity contribution in [1.82, 2.24) is 0 Å². The predicted molar refractivity (Wildman–Crippen MR) is 83.5 cm³/mol. The van der Waals surface area contributed by atoms with E-state index in [2.05, 4.69) is 26.0 Å². The van der Waals surface area contributed by atoms with Crippen LogP contribution in [0.1, 0.15) is 18.4 Å². The summed E-state index contributed by atoms with van der Waals surface area (Å²) >= 11 is 3.57. The lowest BCUT2D eigenvalue weighted by Gasteiger charge is -2.34. The van der Waals surface area contributed by atoms with Crippen molar-refractivity contribution in [3.05, 3.63) is 28.2 Å². The molecule has 1 aromatic carbocycles. The normalized spacial score (nSPS) is 20.2. The van der Waals surface area contributed by atoms with Gasteiger partial charge in [0.1, 0.15) is 0 Å². The third kappa shape index (κ3) is 3.43. The van der Waals surface area contributed by atoms with Gasteiger partial charge in [0.2, 0.25) is 0 Å². The number of rotatable bonds is 4. The van der Waals surface area contributed by atoms with Gasteiger partial charge in [0.25, 0.3) is 0 Å². The number of nitrogens with two attached hydrogens (primary N) is 1. The third-order valence-electron chi connectivity index (χ3n) is 3.61. The zero-order valence-corrected chi connectivity index (χ0v) is 13.1. The molecule has 1 atom stereocenters. The lowest BCUT2D eigenvalue weighted by Crippen LogP contribution is -2.37. The van der Waals surface area contributed by atoms with E-state index >= 15 is 0 Å². The van der Waals surface area contributed by atoms with E-state index < -0.39 is 0 Å². The first-order valence-electron chi connectivity index (χ1n) is 6.67. The summed E-state index contributed by atoms with van der Waals surface area (Å²) in [6.45, 7) is 2.84. The van der Waals surface area contributed by atoms with Crippen LogP contribution in [0.5, 0.6) is 0 Å². The van der Waals surface area contributed by atoms with Crippen molar-refractivity contribution in [2.45, 2.75) is 12.8 Å². The second-order valence-corrected chi connectivity index (χ2v) is 5.92. The molecule has 0 bridgehead atoms. The van der Waals surface area contributed by atoms with Crippen LogP contribution in [-0.4, -0.2) is 37.8 Å². The zero-order chi connectivity index (χ0) is 14.5. The molecule has 1 aromatic rings. The van der Waals surface area contributed by atoms with Crippen LogP contribution in [0, 0.1) is 5.92 Å². The van der Waals surface area contributed by atoms with Gasteiger partial charge in [-0.05, 0) is 52.9 Å². The number of ether oxygens (including phenoxy) is 1. The largest absolute Gasteiger partial charge is 0.409 e. The lowest BCUT2D eigenvalue weighted by atomic mass is 9.98. The predicted octanol–water partition coefficient (Wildman–Crippen LogP) is 2.41. The van der Waals surface area contributed by atoms with E-state index in [1.807, 2.05) is 18.2 Å². The molecule has 1 aliphatic heterocycles. The molecule has 5 nitrogen and oxygen atoms in total. The summed E-state index contributed by atoms with van der Waals surface area (Å²) in [7, 11) is 1.75. The van der Waals surface area contributed by atoms with Gasteiger partial charge < -0.3 is 20.6 Å². The fourth-order valence-electron chi connectivity index (χ4n) is 2.64. The molecule has 0 radical (unpaired) electrons. The van der Waals surface area contributed by atoms with E-state index in [1.54, 1.807) is 7.11 Å². The molecular formula is C14H20BrN3O2. The fraction of sp³-hybridized carbons (Fsp3) is 0.500. The number of nitrogens with zero attached hydrogens (tertiary/aromatic N) is 2. The van der Waals surface area contributed by atoms with Crippen LogP contribution in [0.25, 0.3) is 0 Å². The number of benzene rings is 1. The van der Waals surface area contributed by atoms with Crippen molar-refractivity contribution in [3.63, 3.8) is 0 Å². The van der Waals surface area contributed by atoms with Gasteiger partial charge in [0, 0.05) is 30.2 Å². The van der Waals surface area contributed by atoms with E-state index in [-0.39, 0.29) is 5.84 Å². The van der Waals surface area contributed by atoms with Gasteiger partial charge in [-0.2, -0.15) is 0 Å². The number of halogens is 1. The Balaban J connectivity index is 2.16. The Hall–Kier alpha value is -1.27. The first kappa shape index (κ1) is 15.1. The highest BCUT2D eigenvalue weighted by molar-refractivity contribution is 9.10. The lowest BCUT2D eigenvalue weighted by molar-refractivity contribution is 0.143. The molecule has 1 heterocycles. The average Bonchev–Trinajstić information content (AvgIpc) is 2.47. The molecule has 20 heavy (non-hydrogen) atoms. The van der Waals surface area contributed by atoms with Crippen molar-refractivity contribution in [2.75, 3.05) is 31.7 Å². The molecule has 6 heteroatoms. The van der Waals surface area contributed by atoms with Gasteiger partial charge >= 0.3 is 0 Å². The first-order valence-corrected chi connectivity index (χ1v) is 7.46. The quantitative estimate of drug-likeness (QED) is 0.382. The minimum Gasteiger partial charge on any atom is -0.409 e. The molecule has 0 amide bonds. The maximum absolute atomic E-state index is 8.71. The smallest absolute Gasteiger partial charge is 0.170 e. The number of hydrogen-bond acceptors (Lipinski definition) is 4. The Morgan fingerprint density at radius 1 is 1.60 bits per heavy atom. The van der Waals surface area contributed by atoms with Crippen LogP contribution < -0.4 is 10.6 Å². The number of piperidine rings is 1. The highest BCUT2D eigenvalue weighted by atomic mass is 79.9. The van der Waals surface area contributed by atoms with Gasteiger partial charge in [-0.15, -0.1) is 0 Å². The molecule has 1 saturated heterocycles. The Labute approximate surface area is 127 Å². The molecule has 1 unspecified atom stereocenters. The van der Waals surface area contributed by atoms with E-state index in [1.165, 1.54) is 12.8 Å². The highest BCUT2D eigenvalue weighted by Crippen LogP contribution is 2.31. The molecular weight excluding hydrogens is 322 g/mol. The molecule has 0 aromatic heterocycles. The first-order chi connectivity index (χ1) is 9.65. The fourth-order valence-corrected chi connectivity index (χ4v) is 3.27. The molecule has 2 rings (SSSR count). The van der Waals surface area contributed by atoms with Crippen LogP contribution in [0.3, 0.4) is 0 Å². The van der Waals surface area contributed by atoms with Crippen molar-refractivity contribution in [2.24, 2.45) is 16.8 Å². The number of methoxy groups -OCH3 is 1. The molecule has 1 fully saturated rings. The Kier molecular flexibility index (Phi) is 5.25. The second kappa shape index (κ2) is 6.95. The van der Waals surface area contributed by atoms with Crippen LogP contribution in [0.4, 0.5) is 5.69 Å². The summed E-state index contributed by atoms with van der Waals surface area (Å²) in [6, 6.07) is 5.76. The van der Waals surface area contributed by atoms with Crippen molar-refractivity contribution >= 4 is 27.5 Å². The summed E-state index contributed by atoms with van der Waals surface area (Å²) in [4.78, 5) is 2.35. The number of amidine groups is 1. The zero-order valence-electron chi connectivity index (χ0n) is 11.6. The van der Waals surface area contributed by atoms with Gasteiger partial charge in [-0.25, -0.2) is 0 Å². The van der Waals surface area contributed by atoms with E-state index in [4.69, 9.17) is 15.7 Å². The summed E-state index contributed by atoms with van der Waals surface area (Å²) in [5, 5.41) is 11.7. The van der Waals surface area contributed by atoms with Crippen LogP contribution in [0.2, 0.25) is 0 Å². The molecule has 110 valence electrons. The van der Waals surface area contributed by atoms with Crippen LogP contribution in [0.15, 0.2) is 27.8 Å². The molecule has 0 aliphatic carbocycles. The maximum Gasteiger partial charge on any atom is 0.170 e. The van der Waals surface area contributed by atoms with E-state index in [9.17, 15) is 0 Å². The molecule has 1 aliphatic rings. The SMILES string of the molecule is COCC1CCCN(c2ccc(/C(N)=N/O)cc2Br)C1. The summed E-state index contributed by atoms with van der Waals surface area (Å²) in [5.41, 5.74) is 7.44. The summed E-state index contributed by atoms with van der Waals surface area (Å²) in [5.74, 6) is 0.692. The third-order valence-corrected chi connectivity index (χ3v) is 4.25. The number of anilines is 1. The van der Waals surface area contributed by atoms with E-state index in [0.717, 1.165) is 29.9 Å². The van der Waals surface area contributed by atoms with Gasteiger partial charge in [-0.3, -0.25) is 0 Å². The number of oxime groups is 1. The van der Waals surface area contributed by atoms with Crippen LogP contribution in [-0.2, 0) is 4.74 Å². The summed E-state index contributed by atoms with van der Waals surface area (Å²) in [6.07, 6.45) is 2.38. The second-order valence-electron chi connectivity index (χ2n) is 5.06. The van der Waals surface area contributed by atoms with Gasteiger partial charge in [0.05, 0.1) is 12.3 Å². The van der Waals surface area contributed by atoms with E-state index in [0.29, 0.717) is 11.5 Å². The molecule has 0 spiro atoms. The standard InChI is InChI=1S/C14H20BrN3O2/c1-20-9-10-3-2-6-18(8-10)13-5-4-11(7-12(13)15)14(16)17-19/h4-5,7,10,19H,2-3,6,8-9H2,1H3,(H2,16,17). The average molecular weight is 342 g/mol. The molecule has 3 N–H and O–H groups in total. The minimum absolute atomic E-state index is 0.119. The van der Waals surface area contributed by atoms with Crippen molar-refractivity contribution in [1.29, 1.82) is 0 Å². The molecule has 0 saturated carbocycles. The van der Waals surface area contributed by atoms with Gasteiger partial charge in [0.15, 0.2) is 5.84 Å². The van der Waals surface area contributed by atoms with Crippen molar-refractivity contribution in [3.8, 4) is 0 Å². The Morgan fingerprint density at radius 2 is 2.40 bits per heavy atom. The number of hydrogen-bond donors (Lipinski definition) is 2. The maximum atomic E-state index is 8.71.